The highest BCUT2D eigenvalue weighted by Gasteiger charge is 2.06. The normalized spacial score (nSPS) is 10.9. The minimum atomic E-state index is 0.742. The SMILES string of the molecule is COCCNCc1ccc(Sc2nccn2C)c(C)c1. The van der Waals surface area contributed by atoms with Crippen molar-refractivity contribution in [3.8, 4) is 0 Å². The molecule has 0 aliphatic heterocycles. The fraction of sp³-hybridized carbons (Fsp3) is 0.400. The summed E-state index contributed by atoms with van der Waals surface area (Å²) in [5.41, 5.74) is 2.58. The maximum atomic E-state index is 5.02. The number of methoxy groups -OCH3 is 1. The second kappa shape index (κ2) is 7.47. The van der Waals surface area contributed by atoms with Crippen LogP contribution in [0, 0.1) is 6.92 Å². The van der Waals surface area contributed by atoms with Crippen LogP contribution in [0.4, 0.5) is 0 Å². The molecule has 2 rings (SSSR count). The molecule has 0 spiro atoms. The summed E-state index contributed by atoms with van der Waals surface area (Å²) in [4.78, 5) is 5.59. The molecule has 0 unspecified atom stereocenters. The van der Waals surface area contributed by atoms with Crippen molar-refractivity contribution < 1.29 is 4.74 Å². The molecule has 2 aromatic rings. The van der Waals surface area contributed by atoms with Crippen LogP contribution in [0.25, 0.3) is 0 Å². The van der Waals surface area contributed by atoms with Gasteiger partial charge in [0.05, 0.1) is 6.61 Å². The lowest BCUT2D eigenvalue weighted by Gasteiger charge is -2.09. The van der Waals surface area contributed by atoms with E-state index in [1.807, 2.05) is 24.0 Å². The van der Waals surface area contributed by atoms with Gasteiger partial charge in [0.15, 0.2) is 5.16 Å². The highest BCUT2D eigenvalue weighted by atomic mass is 32.2. The maximum Gasteiger partial charge on any atom is 0.172 e. The number of hydrogen-bond acceptors (Lipinski definition) is 4. The highest BCUT2D eigenvalue weighted by Crippen LogP contribution is 2.29. The van der Waals surface area contributed by atoms with Gasteiger partial charge in [-0.05, 0) is 24.1 Å². The molecular weight excluding hydrogens is 270 g/mol. The molecule has 0 radical (unpaired) electrons. The molecule has 20 heavy (non-hydrogen) atoms. The van der Waals surface area contributed by atoms with Crippen LogP contribution in [-0.4, -0.2) is 29.8 Å². The monoisotopic (exact) mass is 291 g/mol. The summed E-state index contributed by atoms with van der Waals surface area (Å²) in [6.45, 7) is 4.63. The average molecular weight is 291 g/mol. The van der Waals surface area contributed by atoms with E-state index in [4.69, 9.17) is 4.74 Å². The second-order valence-corrected chi connectivity index (χ2v) is 5.70. The van der Waals surface area contributed by atoms with Crippen molar-refractivity contribution in [3.05, 3.63) is 41.7 Å². The van der Waals surface area contributed by atoms with Crippen LogP contribution in [0.3, 0.4) is 0 Å². The zero-order chi connectivity index (χ0) is 14.4. The molecule has 0 aliphatic carbocycles. The van der Waals surface area contributed by atoms with E-state index in [2.05, 4.69) is 35.4 Å². The first-order valence-corrected chi connectivity index (χ1v) is 7.46. The molecule has 0 fully saturated rings. The average Bonchev–Trinajstić information content (AvgIpc) is 2.83. The summed E-state index contributed by atoms with van der Waals surface area (Å²) in [6, 6.07) is 6.56. The van der Waals surface area contributed by atoms with Crippen molar-refractivity contribution >= 4 is 11.8 Å². The van der Waals surface area contributed by atoms with Gasteiger partial charge in [0, 0.05) is 44.5 Å². The van der Waals surface area contributed by atoms with Gasteiger partial charge in [-0.3, -0.25) is 0 Å². The molecule has 1 aromatic carbocycles. The fourth-order valence-electron chi connectivity index (χ4n) is 1.89. The van der Waals surface area contributed by atoms with E-state index in [0.717, 1.165) is 24.9 Å². The van der Waals surface area contributed by atoms with Crippen LogP contribution in [0.2, 0.25) is 0 Å². The number of aromatic nitrogens is 2. The third-order valence-corrected chi connectivity index (χ3v) is 4.28. The van der Waals surface area contributed by atoms with E-state index in [0.29, 0.717) is 0 Å². The first-order valence-electron chi connectivity index (χ1n) is 6.65. The van der Waals surface area contributed by atoms with Crippen molar-refractivity contribution in [2.24, 2.45) is 7.05 Å². The van der Waals surface area contributed by atoms with Crippen LogP contribution in [0.1, 0.15) is 11.1 Å². The summed E-state index contributed by atoms with van der Waals surface area (Å²) in [6.07, 6.45) is 3.79. The number of nitrogens with one attached hydrogen (secondary N) is 1. The Kier molecular flexibility index (Phi) is 5.64. The van der Waals surface area contributed by atoms with Gasteiger partial charge >= 0.3 is 0 Å². The quantitative estimate of drug-likeness (QED) is 0.796. The van der Waals surface area contributed by atoms with E-state index >= 15 is 0 Å². The van der Waals surface area contributed by atoms with Crippen molar-refractivity contribution in [1.29, 1.82) is 0 Å². The number of benzene rings is 1. The molecule has 0 bridgehead atoms. The van der Waals surface area contributed by atoms with Crippen LogP contribution in [0.5, 0.6) is 0 Å². The van der Waals surface area contributed by atoms with E-state index in [-0.39, 0.29) is 0 Å². The Morgan fingerprint density at radius 1 is 1.40 bits per heavy atom. The molecule has 0 aliphatic rings. The Balaban J connectivity index is 1.97. The molecule has 1 aromatic heterocycles. The number of ether oxygens (including phenoxy) is 1. The second-order valence-electron chi connectivity index (χ2n) is 4.69. The highest BCUT2D eigenvalue weighted by molar-refractivity contribution is 7.99. The lowest BCUT2D eigenvalue weighted by molar-refractivity contribution is 0.199. The lowest BCUT2D eigenvalue weighted by Crippen LogP contribution is -2.18. The van der Waals surface area contributed by atoms with Gasteiger partial charge < -0.3 is 14.6 Å². The van der Waals surface area contributed by atoms with Gasteiger partial charge in [-0.1, -0.05) is 23.9 Å². The van der Waals surface area contributed by atoms with Gasteiger partial charge in [-0.15, -0.1) is 0 Å². The summed E-state index contributed by atoms with van der Waals surface area (Å²) in [7, 11) is 3.73. The number of hydrogen-bond donors (Lipinski definition) is 1. The van der Waals surface area contributed by atoms with Gasteiger partial charge in [-0.25, -0.2) is 4.98 Å². The lowest BCUT2D eigenvalue weighted by atomic mass is 10.1. The smallest absolute Gasteiger partial charge is 0.172 e. The van der Waals surface area contributed by atoms with E-state index in [1.165, 1.54) is 16.0 Å². The van der Waals surface area contributed by atoms with Crippen molar-refractivity contribution in [3.63, 3.8) is 0 Å². The Morgan fingerprint density at radius 3 is 2.90 bits per heavy atom. The van der Waals surface area contributed by atoms with E-state index in [9.17, 15) is 0 Å². The molecule has 1 N–H and O–H groups in total. The third-order valence-electron chi connectivity index (χ3n) is 3.03. The van der Waals surface area contributed by atoms with Crippen molar-refractivity contribution in [2.45, 2.75) is 23.5 Å². The predicted molar refractivity (Wildman–Crippen MR) is 82.1 cm³/mol. The summed E-state index contributed by atoms with van der Waals surface area (Å²) < 4.78 is 7.05. The van der Waals surface area contributed by atoms with Gasteiger partial charge in [0.25, 0.3) is 0 Å². The molecular formula is C15H21N3OS. The number of rotatable bonds is 7. The number of imidazole rings is 1. The third kappa shape index (κ3) is 4.10. The zero-order valence-electron chi connectivity index (χ0n) is 12.2. The molecule has 0 atom stereocenters. The molecule has 4 nitrogen and oxygen atoms in total. The minimum Gasteiger partial charge on any atom is -0.383 e. The maximum absolute atomic E-state index is 5.02. The molecule has 5 heteroatoms. The number of aryl methyl sites for hydroxylation is 2. The van der Waals surface area contributed by atoms with E-state index in [1.54, 1.807) is 18.9 Å². The standard InChI is InChI=1S/C15H21N3OS/c1-12-10-13(11-16-7-9-19-3)4-5-14(12)20-15-17-6-8-18(15)2/h4-6,8,10,16H,7,9,11H2,1-3H3. The first kappa shape index (κ1) is 15.1. The topological polar surface area (TPSA) is 39.1 Å². The summed E-state index contributed by atoms with van der Waals surface area (Å²) >= 11 is 1.70. The van der Waals surface area contributed by atoms with E-state index < -0.39 is 0 Å². The fourth-order valence-corrected chi connectivity index (χ4v) is 2.76. The Hall–Kier alpha value is -1.30. The van der Waals surface area contributed by atoms with Crippen molar-refractivity contribution in [2.75, 3.05) is 20.3 Å². The Bertz CT molecular complexity index is 554. The Labute approximate surface area is 124 Å². The van der Waals surface area contributed by atoms with Gasteiger partial charge in [-0.2, -0.15) is 0 Å². The van der Waals surface area contributed by atoms with Gasteiger partial charge in [0.1, 0.15) is 0 Å². The van der Waals surface area contributed by atoms with Crippen LogP contribution in [0.15, 0.2) is 40.6 Å². The van der Waals surface area contributed by atoms with Crippen molar-refractivity contribution in [1.82, 2.24) is 14.9 Å². The molecule has 0 saturated heterocycles. The summed E-state index contributed by atoms with van der Waals surface area (Å²) in [5.74, 6) is 0. The minimum absolute atomic E-state index is 0.742. The molecule has 108 valence electrons. The molecule has 0 amide bonds. The Morgan fingerprint density at radius 2 is 2.25 bits per heavy atom. The predicted octanol–water partition coefficient (Wildman–Crippen LogP) is 2.62. The zero-order valence-corrected chi connectivity index (χ0v) is 13.0. The molecule has 0 saturated carbocycles. The van der Waals surface area contributed by atoms with Crippen LogP contribution < -0.4 is 5.32 Å². The number of nitrogens with zero attached hydrogens (tertiary/aromatic N) is 2. The largest absolute Gasteiger partial charge is 0.383 e. The summed E-state index contributed by atoms with van der Waals surface area (Å²) in [5, 5.41) is 4.37. The first-order chi connectivity index (χ1) is 9.70. The van der Waals surface area contributed by atoms with Crippen LogP contribution in [-0.2, 0) is 18.3 Å². The molecule has 1 heterocycles. The van der Waals surface area contributed by atoms with Gasteiger partial charge in [0.2, 0.25) is 0 Å². The van der Waals surface area contributed by atoms with Crippen LogP contribution >= 0.6 is 11.8 Å².